The number of pyridine rings is 1. The number of fused-ring (bicyclic) bond motifs is 2. The minimum Gasteiger partial charge on any atom is -0.355 e. The average molecular weight is 728 g/mol. The molecular weight excluding hydrogens is 688 g/mol. The minimum atomic E-state index is -0.785. The summed E-state index contributed by atoms with van der Waals surface area (Å²) in [6.45, 7) is 10.9. The van der Waals surface area contributed by atoms with Crippen molar-refractivity contribution in [3.63, 3.8) is 0 Å². The minimum absolute atomic E-state index is 0.0616. The number of aryl methyl sites for hydroxylation is 3. The molecule has 0 radical (unpaired) electrons. The van der Waals surface area contributed by atoms with Crippen molar-refractivity contribution in [2.75, 3.05) is 11.9 Å². The number of nitrogens with one attached hydrogen (secondary N) is 2. The maximum absolute atomic E-state index is 14.3. The van der Waals surface area contributed by atoms with Crippen LogP contribution in [0.5, 0.6) is 0 Å². The molecule has 0 unspecified atom stereocenters. The summed E-state index contributed by atoms with van der Waals surface area (Å²) >= 11 is 3.37. The number of aromatic nitrogens is 5. The van der Waals surface area contributed by atoms with Gasteiger partial charge in [0, 0.05) is 54.7 Å². The number of ketones is 1. The number of Topliss-reactive ketones (excluding diaryl/α,β-unsaturated/α-hetero) is 1. The molecule has 4 aromatic rings. The summed E-state index contributed by atoms with van der Waals surface area (Å²) in [7, 11) is 0. The Labute approximate surface area is 292 Å². The molecule has 1 aromatic carbocycles. The highest BCUT2D eigenvalue weighted by Gasteiger charge is 2.67. The lowest BCUT2D eigenvalue weighted by molar-refractivity contribution is -0.138. The van der Waals surface area contributed by atoms with Crippen LogP contribution in [-0.4, -0.2) is 71.8 Å². The molecule has 13 heteroatoms. The molecule has 1 aliphatic carbocycles. The van der Waals surface area contributed by atoms with Gasteiger partial charge in [0.25, 0.3) is 0 Å². The number of halogens is 1. The highest BCUT2D eigenvalue weighted by Crippen LogP contribution is 2.59. The van der Waals surface area contributed by atoms with Crippen molar-refractivity contribution in [3.8, 4) is 11.1 Å². The zero-order valence-corrected chi connectivity index (χ0v) is 29.6. The summed E-state index contributed by atoms with van der Waals surface area (Å²) in [4.78, 5) is 68.3. The Morgan fingerprint density at radius 3 is 2.53 bits per heavy atom. The van der Waals surface area contributed by atoms with Crippen molar-refractivity contribution >= 4 is 56.2 Å². The number of allylic oxidation sites excluding steroid dienone is 1. The van der Waals surface area contributed by atoms with Gasteiger partial charge in [-0.05, 0) is 97.3 Å². The molecule has 3 aromatic heterocycles. The second kappa shape index (κ2) is 13.6. The lowest BCUT2D eigenvalue weighted by Crippen LogP contribution is -2.47. The molecule has 1 saturated carbocycles. The summed E-state index contributed by atoms with van der Waals surface area (Å²) in [6.07, 6.45) is 8.17. The first-order valence-electron chi connectivity index (χ1n) is 16.3. The molecule has 0 spiro atoms. The SMILES string of the molecule is C=CCCCC(=O)NC[C@@]12C[C@@H](C(=O)Nc3nc(Br)ccc3C)N(C(=O)Cn3nc(C(C)=O)c4cc(-c5cnc(C)nc5)cc(C)c43)[C@@H]1C2. The topological polar surface area (TPSA) is 152 Å². The van der Waals surface area contributed by atoms with E-state index in [1.54, 1.807) is 34.1 Å². The molecule has 3 atom stereocenters. The fourth-order valence-electron chi connectivity index (χ4n) is 6.89. The van der Waals surface area contributed by atoms with E-state index in [0.29, 0.717) is 59.4 Å². The van der Waals surface area contributed by atoms with E-state index in [1.165, 1.54) is 6.92 Å². The Bertz CT molecular complexity index is 1990. The van der Waals surface area contributed by atoms with E-state index in [-0.39, 0.29) is 41.8 Å². The van der Waals surface area contributed by atoms with Gasteiger partial charge in [-0.3, -0.25) is 23.9 Å². The Balaban J connectivity index is 1.30. The van der Waals surface area contributed by atoms with Gasteiger partial charge in [-0.2, -0.15) is 5.10 Å². The number of carbonyl (C=O) groups excluding carboxylic acids is 4. The standard InChI is InChI=1S/C36H39BrN8O4/c1-6-7-8-9-30(47)40-19-36-14-27(35(49)42-34-20(2)10-11-29(37)41-34)45(28(36)15-36)31(48)18-44-33-21(3)12-24(25-16-38-23(5)39-17-25)13-26(33)32(43-44)22(4)46/h6,10-13,16-17,27-28H,1,7-9,14-15,18-19H2,2-5H3,(H,40,47)(H,41,42,49)/t27-,28+,36-/m0/s1. The van der Waals surface area contributed by atoms with Crippen LogP contribution >= 0.6 is 15.9 Å². The molecule has 2 fully saturated rings. The van der Waals surface area contributed by atoms with Crippen molar-refractivity contribution in [1.29, 1.82) is 0 Å². The van der Waals surface area contributed by atoms with Crippen molar-refractivity contribution in [1.82, 2.24) is 34.9 Å². The summed E-state index contributed by atoms with van der Waals surface area (Å²) < 4.78 is 2.14. The van der Waals surface area contributed by atoms with E-state index in [1.807, 2.05) is 39.0 Å². The first-order chi connectivity index (χ1) is 23.4. The van der Waals surface area contributed by atoms with E-state index < -0.39 is 11.5 Å². The molecule has 12 nitrogen and oxygen atoms in total. The third kappa shape index (κ3) is 6.89. The summed E-state index contributed by atoms with van der Waals surface area (Å²) in [5, 5.41) is 11.2. The van der Waals surface area contributed by atoms with Gasteiger partial charge in [0.2, 0.25) is 17.7 Å². The number of amides is 3. The monoisotopic (exact) mass is 726 g/mol. The zero-order valence-electron chi connectivity index (χ0n) is 28.0. The number of piperidine rings is 1. The van der Waals surface area contributed by atoms with E-state index in [4.69, 9.17) is 0 Å². The number of rotatable bonds is 12. The molecule has 2 N–H and O–H groups in total. The van der Waals surface area contributed by atoms with Crippen molar-refractivity contribution < 1.29 is 19.2 Å². The van der Waals surface area contributed by atoms with Crippen LogP contribution in [0, 0.1) is 26.2 Å². The molecule has 4 heterocycles. The van der Waals surface area contributed by atoms with Crippen LogP contribution in [0.25, 0.3) is 22.0 Å². The van der Waals surface area contributed by atoms with Gasteiger partial charge in [-0.1, -0.05) is 12.1 Å². The molecule has 49 heavy (non-hydrogen) atoms. The predicted octanol–water partition coefficient (Wildman–Crippen LogP) is 5.25. The highest BCUT2D eigenvalue weighted by atomic mass is 79.9. The number of anilines is 1. The van der Waals surface area contributed by atoms with Crippen LogP contribution in [0.4, 0.5) is 5.82 Å². The molecule has 0 bridgehead atoms. The summed E-state index contributed by atoms with van der Waals surface area (Å²) in [5.41, 5.74) is 3.75. The zero-order chi connectivity index (χ0) is 35.0. The second-order valence-corrected chi connectivity index (χ2v) is 13.9. The van der Waals surface area contributed by atoms with Crippen LogP contribution < -0.4 is 10.6 Å². The van der Waals surface area contributed by atoms with Gasteiger partial charge < -0.3 is 15.5 Å². The van der Waals surface area contributed by atoms with Gasteiger partial charge in [0.15, 0.2) is 5.78 Å². The Morgan fingerprint density at radius 2 is 1.82 bits per heavy atom. The maximum atomic E-state index is 14.3. The van der Waals surface area contributed by atoms with Crippen LogP contribution in [0.2, 0.25) is 0 Å². The number of hydrogen-bond donors (Lipinski definition) is 2. The lowest BCUT2D eigenvalue weighted by Gasteiger charge is -2.27. The highest BCUT2D eigenvalue weighted by molar-refractivity contribution is 9.10. The van der Waals surface area contributed by atoms with E-state index in [9.17, 15) is 19.2 Å². The van der Waals surface area contributed by atoms with Crippen molar-refractivity contribution in [2.45, 2.75) is 78.4 Å². The smallest absolute Gasteiger partial charge is 0.248 e. The van der Waals surface area contributed by atoms with Crippen molar-refractivity contribution in [2.24, 2.45) is 5.41 Å². The first-order valence-corrected chi connectivity index (χ1v) is 17.1. The normalized spacial score (nSPS) is 19.4. The molecular formula is C36H39BrN8O4. The van der Waals surface area contributed by atoms with Crippen LogP contribution in [0.3, 0.4) is 0 Å². The van der Waals surface area contributed by atoms with Crippen LogP contribution in [-0.2, 0) is 20.9 Å². The van der Waals surface area contributed by atoms with Gasteiger partial charge in [0.1, 0.15) is 34.5 Å². The number of hydrogen-bond acceptors (Lipinski definition) is 8. The summed E-state index contributed by atoms with van der Waals surface area (Å²) in [6, 6.07) is 6.47. The van der Waals surface area contributed by atoms with Crippen molar-refractivity contribution in [3.05, 3.63) is 76.6 Å². The Kier molecular flexibility index (Phi) is 9.47. The molecule has 6 rings (SSSR count). The van der Waals surface area contributed by atoms with Gasteiger partial charge in [0.05, 0.1) is 5.52 Å². The maximum Gasteiger partial charge on any atom is 0.248 e. The lowest BCUT2D eigenvalue weighted by atomic mass is 9.98. The quantitative estimate of drug-likeness (QED) is 0.0870. The largest absolute Gasteiger partial charge is 0.355 e. The van der Waals surface area contributed by atoms with Gasteiger partial charge in [-0.25, -0.2) is 15.0 Å². The number of carbonyl (C=O) groups is 4. The summed E-state index contributed by atoms with van der Waals surface area (Å²) in [5.74, 6) is 0.130. The fraction of sp³-hybridized carbons (Fsp3) is 0.389. The van der Waals surface area contributed by atoms with E-state index >= 15 is 0 Å². The number of likely N-dealkylation sites (tertiary alicyclic amines) is 1. The third-order valence-electron chi connectivity index (χ3n) is 9.53. The third-order valence-corrected chi connectivity index (χ3v) is 9.97. The van der Waals surface area contributed by atoms with E-state index in [2.05, 4.69) is 53.2 Å². The first kappa shape index (κ1) is 34.1. The average Bonchev–Trinajstić information content (AvgIpc) is 3.47. The predicted molar refractivity (Wildman–Crippen MR) is 189 cm³/mol. The molecule has 1 aliphatic heterocycles. The molecule has 2 aliphatic rings. The number of benzene rings is 1. The molecule has 1 saturated heterocycles. The van der Waals surface area contributed by atoms with Gasteiger partial charge in [-0.15, -0.1) is 6.58 Å². The van der Waals surface area contributed by atoms with Gasteiger partial charge >= 0.3 is 0 Å². The number of unbranched alkanes of at least 4 members (excludes halogenated alkanes) is 1. The second-order valence-electron chi connectivity index (χ2n) is 13.1. The van der Waals surface area contributed by atoms with Crippen LogP contribution in [0.15, 0.2) is 53.9 Å². The number of nitrogens with zero attached hydrogens (tertiary/aromatic N) is 6. The van der Waals surface area contributed by atoms with Crippen LogP contribution in [0.1, 0.15) is 66.5 Å². The Morgan fingerprint density at radius 1 is 1.06 bits per heavy atom. The Hall–Kier alpha value is -4.78. The fourth-order valence-corrected chi connectivity index (χ4v) is 7.20. The molecule has 3 amide bonds. The molecule has 254 valence electrons. The van der Waals surface area contributed by atoms with E-state index in [0.717, 1.165) is 28.7 Å².